The van der Waals surface area contributed by atoms with Gasteiger partial charge in [-0.2, -0.15) is 0 Å². The minimum absolute atomic E-state index is 0.145. The molecule has 0 bridgehead atoms. The van der Waals surface area contributed by atoms with Crippen LogP contribution >= 0.6 is 0 Å². The number of urea groups is 1. The highest BCUT2D eigenvalue weighted by molar-refractivity contribution is 5.80. The van der Waals surface area contributed by atoms with Gasteiger partial charge in [0, 0.05) is 6.54 Å². The fourth-order valence-corrected chi connectivity index (χ4v) is 2.23. The van der Waals surface area contributed by atoms with Gasteiger partial charge in [-0.05, 0) is 26.0 Å². The third-order valence-electron chi connectivity index (χ3n) is 3.35. The number of nitrogens with one attached hydrogen (secondary N) is 1. The highest BCUT2D eigenvalue weighted by Gasteiger charge is 2.24. The van der Waals surface area contributed by atoms with Gasteiger partial charge in [-0.3, -0.25) is 4.79 Å². The van der Waals surface area contributed by atoms with Crippen LogP contribution in [0.4, 0.5) is 4.79 Å². The van der Waals surface area contributed by atoms with Crippen molar-refractivity contribution in [2.75, 3.05) is 32.8 Å². The van der Waals surface area contributed by atoms with E-state index in [1.54, 1.807) is 11.8 Å². The van der Waals surface area contributed by atoms with Gasteiger partial charge in [0.25, 0.3) is 0 Å². The van der Waals surface area contributed by atoms with Crippen molar-refractivity contribution in [2.24, 2.45) is 0 Å². The van der Waals surface area contributed by atoms with E-state index in [9.17, 15) is 9.59 Å². The fraction of sp³-hybridized carbons (Fsp3) is 0.500. The lowest BCUT2D eigenvalue weighted by Crippen LogP contribution is -2.48. The zero-order valence-electron chi connectivity index (χ0n) is 13.4. The Morgan fingerprint density at radius 3 is 2.74 bits per heavy atom. The van der Waals surface area contributed by atoms with Crippen molar-refractivity contribution in [2.45, 2.75) is 20.0 Å². The number of carbonyl (C=O) groups is 2. The highest BCUT2D eigenvalue weighted by atomic mass is 16.6. The van der Waals surface area contributed by atoms with Crippen LogP contribution in [-0.4, -0.2) is 55.9 Å². The molecule has 0 saturated carbocycles. The van der Waals surface area contributed by atoms with Crippen LogP contribution in [0.2, 0.25) is 0 Å². The third-order valence-corrected chi connectivity index (χ3v) is 3.35. The fourth-order valence-electron chi connectivity index (χ4n) is 2.23. The van der Waals surface area contributed by atoms with Gasteiger partial charge < -0.3 is 24.4 Å². The van der Waals surface area contributed by atoms with Crippen molar-refractivity contribution in [3.63, 3.8) is 0 Å². The highest BCUT2D eigenvalue weighted by Crippen LogP contribution is 2.30. The quantitative estimate of drug-likeness (QED) is 0.802. The molecule has 1 aromatic rings. The van der Waals surface area contributed by atoms with Crippen LogP contribution in [0.15, 0.2) is 24.3 Å². The Bertz CT molecular complexity index is 549. The van der Waals surface area contributed by atoms with Gasteiger partial charge in [0.15, 0.2) is 17.6 Å². The lowest BCUT2D eigenvalue weighted by molar-refractivity contribution is -0.141. The van der Waals surface area contributed by atoms with Crippen molar-refractivity contribution < 1.29 is 23.8 Å². The average molecular weight is 322 g/mol. The second-order valence-electron chi connectivity index (χ2n) is 5.00. The van der Waals surface area contributed by atoms with Gasteiger partial charge in [-0.15, -0.1) is 0 Å². The molecule has 2 rings (SSSR count). The Morgan fingerprint density at radius 2 is 2.04 bits per heavy atom. The number of likely N-dealkylation sites (N-methyl/N-ethyl adjacent to an activating group) is 1. The molecular formula is C16H22N2O5. The van der Waals surface area contributed by atoms with Crippen molar-refractivity contribution in [3.05, 3.63) is 24.3 Å². The number of nitrogens with zero attached hydrogens (tertiary/aromatic N) is 1. The molecule has 1 aromatic carbocycles. The minimum atomic E-state index is -0.455. The Kier molecular flexibility index (Phi) is 6.08. The molecule has 0 unspecified atom stereocenters. The smallest absolute Gasteiger partial charge is 0.325 e. The van der Waals surface area contributed by atoms with E-state index in [1.165, 1.54) is 0 Å². The van der Waals surface area contributed by atoms with Crippen LogP contribution < -0.4 is 14.8 Å². The summed E-state index contributed by atoms with van der Waals surface area (Å²) in [4.78, 5) is 25.0. The van der Waals surface area contributed by atoms with Gasteiger partial charge in [0.1, 0.15) is 13.2 Å². The van der Waals surface area contributed by atoms with E-state index in [1.807, 2.05) is 31.2 Å². The van der Waals surface area contributed by atoms with Gasteiger partial charge >= 0.3 is 12.0 Å². The predicted molar refractivity (Wildman–Crippen MR) is 83.6 cm³/mol. The normalized spacial score (nSPS) is 15.7. The summed E-state index contributed by atoms with van der Waals surface area (Å²) in [5.41, 5.74) is 0. The Balaban J connectivity index is 1.85. The number of benzene rings is 1. The number of fused-ring (bicyclic) bond motifs is 1. The predicted octanol–water partition coefficient (Wildman–Crippen LogP) is 1.42. The molecule has 0 radical (unpaired) electrons. The summed E-state index contributed by atoms with van der Waals surface area (Å²) in [7, 11) is 0. The summed E-state index contributed by atoms with van der Waals surface area (Å²) in [6.45, 7) is 4.97. The zero-order valence-corrected chi connectivity index (χ0v) is 13.4. The van der Waals surface area contributed by atoms with E-state index in [0.717, 1.165) is 0 Å². The maximum Gasteiger partial charge on any atom is 0.325 e. The molecule has 1 N–H and O–H groups in total. The SMILES string of the molecule is CCOC(=O)CNC(=O)N(CC)C[C@H]1COc2ccccc2O1. The first-order valence-corrected chi connectivity index (χ1v) is 7.70. The summed E-state index contributed by atoms with van der Waals surface area (Å²) in [5, 5.41) is 2.54. The number of esters is 1. The van der Waals surface area contributed by atoms with Crippen molar-refractivity contribution in [1.82, 2.24) is 10.2 Å². The molecule has 126 valence electrons. The number of ether oxygens (including phenoxy) is 3. The number of hydrogen-bond donors (Lipinski definition) is 1. The molecule has 23 heavy (non-hydrogen) atoms. The van der Waals surface area contributed by atoms with E-state index in [0.29, 0.717) is 37.8 Å². The first-order valence-electron chi connectivity index (χ1n) is 7.70. The number of carbonyl (C=O) groups excluding carboxylic acids is 2. The monoisotopic (exact) mass is 322 g/mol. The summed E-state index contributed by atoms with van der Waals surface area (Å²) in [5.74, 6) is 0.924. The topological polar surface area (TPSA) is 77.1 Å². The second-order valence-corrected chi connectivity index (χ2v) is 5.00. The van der Waals surface area contributed by atoms with Gasteiger partial charge in [0.05, 0.1) is 13.2 Å². The number of para-hydroxylation sites is 2. The molecule has 0 fully saturated rings. The number of amides is 2. The first kappa shape index (κ1) is 16.9. The van der Waals surface area contributed by atoms with Crippen LogP contribution in [-0.2, 0) is 9.53 Å². The van der Waals surface area contributed by atoms with Gasteiger partial charge in [-0.25, -0.2) is 4.79 Å². The second kappa shape index (κ2) is 8.26. The minimum Gasteiger partial charge on any atom is -0.486 e. The molecular weight excluding hydrogens is 300 g/mol. The third kappa shape index (κ3) is 4.77. The van der Waals surface area contributed by atoms with E-state index >= 15 is 0 Å². The zero-order chi connectivity index (χ0) is 16.7. The summed E-state index contributed by atoms with van der Waals surface area (Å²) < 4.78 is 16.3. The largest absolute Gasteiger partial charge is 0.486 e. The van der Waals surface area contributed by atoms with Crippen molar-refractivity contribution >= 4 is 12.0 Å². The van der Waals surface area contributed by atoms with E-state index in [2.05, 4.69) is 5.32 Å². The maximum atomic E-state index is 12.1. The van der Waals surface area contributed by atoms with Crippen LogP contribution in [0.25, 0.3) is 0 Å². The molecule has 7 heteroatoms. The van der Waals surface area contributed by atoms with Gasteiger partial charge in [-0.1, -0.05) is 12.1 Å². The van der Waals surface area contributed by atoms with Crippen LogP contribution in [0.1, 0.15) is 13.8 Å². The first-order chi connectivity index (χ1) is 11.1. The molecule has 0 saturated heterocycles. The molecule has 1 aliphatic rings. The molecule has 1 atom stereocenters. The number of hydrogen-bond acceptors (Lipinski definition) is 5. The van der Waals surface area contributed by atoms with Crippen LogP contribution in [0.3, 0.4) is 0 Å². The Labute approximate surface area is 135 Å². The molecule has 2 amide bonds. The molecule has 1 heterocycles. The molecule has 0 aliphatic carbocycles. The van der Waals surface area contributed by atoms with Crippen LogP contribution in [0.5, 0.6) is 11.5 Å². The maximum absolute atomic E-state index is 12.1. The molecule has 0 aromatic heterocycles. The summed E-state index contributed by atoms with van der Waals surface area (Å²) >= 11 is 0. The summed E-state index contributed by atoms with van der Waals surface area (Å²) in [6.07, 6.45) is -0.252. The van der Waals surface area contributed by atoms with Crippen molar-refractivity contribution in [1.29, 1.82) is 0 Å². The van der Waals surface area contributed by atoms with E-state index in [-0.39, 0.29) is 18.7 Å². The Morgan fingerprint density at radius 1 is 1.30 bits per heavy atom. The van der Waals surface area contributed by atoms with Crippen molar-refractivity contribution in [3.8, 4) is 11.5 Å². The molecule has 7 nitrogen and oxygen atoms in total. The molecule has 1 aliphatic heterocycles. The molecule has 0 spiro atoms. The lowest BCUT2D eigenvalue weighted by atomic mass is 10.2. The van der Waals surface area contributed by atoms with E-state index < -0.39 is 5.97 Å². The standard InChI is InChI=1S/C16H22N2O5/c1-3-18(16(20)17-9-15(19)21-4-2)10-12-11-22-13-7-5-6-8-14(13)23-12/h5-8,12H,3-4,9-11H2,1-2H3,(H,17,20)/t12-/m0/s1. The summed E-state index contributed by atoms with van der Waals surface area (Å²) in [6, 6.07) is 7.09. The van der Waals surface area contributed by atoms with Gasteiger partial charge in [0.2, 0.25) is 0 Å². The lowest BCUT2D eigenvalue weighted by Gasteiger charge is -2.30. The Hall–Kier alpha value is -2.44. The van der Waals surface area contributed by atoms with E-state index in [4.69, 9.17) is 14.2 Å². The van der Waals surface area contributed by atoms with Crippen LogP contribution in [0, 0.1) is 0 Å². The number of rotatable bonds is 6. The average Bonchev–Trinajstić information content (AvgIpc) is 2.57.